The first-order valence-corrected chi connectivity index (χ1v) is 11.3. The molecule has 3 aromatic rings. The molecule has 0 unspecified atom stereocenters. The quantitative estimate of drug-likeness (QED) is 0.581. The largest absolute Gasteiger partial charge is 0.477 e. The first-order chi connectivity index (χ1) is 14.8. The number of pyridine rings is 1. The number of aromatic nitrogens is 2. The van der Waals surface area contributed by atoms with E-state index in [9.17, 15) is 0 Å². The molecule has 2 aliphatic heterocycles. The van der Waals surface area contributed by atoms with Gasteiger partial charge in [-0.3, -0.25) is 4.90 Å². The number of likely N-dealkylation sites (tertiary alicyclic amines) is 1. The molecule has 168 valence electrons. The number of piperidine rings is 1. The standard InChI is InChI=1S/C24H32N4O2.ClH/c1-26-16-21-20-4-2-3-5-23(20)25-24(22(21)17-26)30-18-19-6-8-27(9-7-19)10-11-28-12-14-29-15-13-28;/h2-5,16-17,19H,6-15,18H2,1H3;1H. The molecule has 2 saturated heterocycles. The lowest BCUT2D eigenvalue weighted by molar-refractivity contribution is 0.0307. The Labute approximate surface area is 190 Å². The predicted molar refractivity (Wildman–Crippen MR) is 127 cm³/mol. The van der Waals surface area contributed by atoms with Crippen LogP contribution < -0.4 is 4.74 Å². The zero-order valence-electron chi connectivity index (χ0n) is 18.3. The van der Waals surface area contributed by atoms with Gasteiger partial charge in [0.05, 0.1) is 30.7 Å². The highest BCUT2D eigenvalue weighted by Crippen LogP contribution is 2.32. The minimum absolute atomic E-state index is 0. The molecule has 0 aliphatic carbocycles. The summed E-state index contributed by atoms with van der Waals surface area (Å²) in [5.41, 5.74) is 1.00. The molecule has 0 amide bonds. The van der Waals surface area contributed by atoms with E-state index in [1.165, 1.54) is 43.2 Å². The molecule has 31 heavy (non-hydrogen) atoms. The van der Waals surface area contributed by atoms with Gasteiger partial charge in [0.25, 0.3) is 0 Å². The van der Waals surface area contributed by atoms with Crippen molar-refractivity contribution in [2.24, 2.45) is 13.0 Å². The molecule has 1 aromatic carbocycles. The number of ether oxygens (including phenoxy) is 2. The third-order valence-electron chi connectivity index (χ3n) is 6.60. The summed E-state index contributed by atoms with van der Waals surface area (Å²) in [6, 6.07) is 8.33. The van der Waals surface area contributed by atoms with E-state index in [2.05, 4.69) is 52.0 Å². The van der Waals surface area contributed by atoms with Crippen molar-refractivity contribution in [1.29, 1.82) is 0 Å². The number of para-hydroxylation sites is 1. The first kappa shape index (κ1) is 22.3. The molecule has 0 N–H and O–H groups in total. The second-order valence-corrected chi connectivity index (χ2v) is 8.74. The Morgan fingerprint density at radius 3 is 2.39 bits per heavy atom. The summed E-state index contributed by atoms with van der Waals surface area (Å²) >= 11 is 0. The molecule has 6 nitrogen and oxygen atoms in total. The van der Waals surface area contributed by atoms with E-state index in [0.717, 1.165) is 56.2 Å². The van der Waals surface area contributed by atoms with E-state index >= 15 is 0 Å². The number of morpholine rings is 1. The van der Waals surface area contributed by atoms with E-state index in [1.807, 2.05) is 6.07 Å². The fourth-order valence-corrected chi connectivity index (χ4v) is 4.73. The van der Waals surface area contributed by atoms with Gasteiger partial charge in [-0.05, 0) is 37.9 Å². The average molecular weight is 445 g/mol. The van der Waals surface area contributed by atoms with Crippen molar-refractivity contribution >= 4 is 34.1 Å². The number of benzene rings is 1. The van der Waals surface area contributed by atoms with Crippen LogP contribution in [0, 0.1) is 5.92 Å². The lowest BCUT2D eigenvalue weighted by atomic mass is 9.98. The summed E-state index contributed by atoms with van der Waals surface area (Å²) in [5.74, 6) is 1.38. The smallest absolute Gasteiger partial charge is 0.223 e. The van der Waals surface area contributed by atoms with Gasteiger partial charge < -0.3 is 18.9 Å². The van der Waals surface area contributed by atoms with Crippen LogP contribution in [0.5, 0.6) is 5.88 Å². The van der Waals surface area contributed by atoms with Crippen molar-refractivity contribution in [3.05, 3.63) is 36.7 Å². The maximum absolute atomic E-state index is 6.31. The first-order valence-electron chi connectivity index (χ1n) is 11.3. The topological polar surface area (TPSA) is 42.8 Å². The number of halogens is 1. The molecule has 0 spiro atoms. The van der Waals surface area contributed by atoms with Gasteiger partial charge in [0.2, 0.25) is 5.88 Å². The Bertz CT molecular complexity index is 994. The lowest BCUT2D eigenvalue weighted by Gasteiger charge is -2.34. The number of hydrogen-bond acceptors (Lipinski definition) is 5. The molecule has 0 bridgehead atoms. The van der Waals surface area contributed by atoms with Crippen LogP contribution in [-0.2, 0) is 11.8 Å². The fourth-order valence-electron chi connectivity index (χ4n) is 4.73. The Morgan fingerprint density at radius 1 is 0.935 bits per heavy atom. The van der Waals surface area contributed by atoms with Crippen LogP contribution >= 0.6 is 12.4 Å². The number of aryl methyl sites for hydroxylation is 1. The molecule has 2 aliphatic rings. The van der Waals surface area contributed by atoms with Crippen LogP contribution in [0.1, 0.15) is 12.8 Å². The Morgan fingerprint density at radius 2 is 1.61 bits per heavy atom. The monoisotopic (exact) mass is 444 g/mol. The zero-order chi connectivity index (χ0) is 20.3. The van der Waals surface area contributed by atoms with Crippen LogP contribution in [0.15, 0.2) is 36.7 Å². The number of fused-ring (bicyclic) bond motifs is 3. The minimum Gasteiger partial charge on any atom is -0.477 e. The van der Waals surface area contributed by atoms with Crippen molar-refractivity contribution in [3.63, 3.8) is 0 Å². The van der Waals surface area contributed by atoms with Crippen molar-refractivity contribution in [2.75, 3.05) is 59.1 Å². The highest BCUT2D eigenvalue weighted by molar-refractivity contribution is 6.07. The number of hydrogen-bond donors (Lipinski definition) is 0. The van der Waals surface area contributed by atoms with Gasteiger partial charge in [-0.2, -0.15) is 0 Å². The van der Waals surface area contributed by atoms with Crippen LogP contribution in [-0.4, -0.2) is 78.4 Å². The summed E-state index contributed by atoms with van der Waals surface area (Å²) in [4.78, 5) is 9.97. The summed E-state index contributed by atoms with van der Waals surface area (Å²) in [6.07, 6.45) is 6.70. The van der Waals surface area contributed by atoms with Crippen molar-refractivity contribution in [2.45, 2.75) is 12.8 Å². The van der Waals surface area contributed by atoms with Crippen LogP contribution in [0.4, 0.5) is 0 Å². The van der Waals surface area contributed by atoms with Crippen LogP contribution in [0.3, 0.4) is 0 Å². The molecule has 0 atom stereocenters. The Balaban J connectivity index is 0.00000231. The average Bonchev–Trinajstić information content (AvgIpc) is 3.19. The second kappa shape index (κ2) is 10.2. The van der Waals surface area contributed by atoms with Crippen molar-refractivity contribution < 1.29 is 9.47 Å². The molecule has 0 radical (unpaired) electrons. The second-order valence-electron chi connectivity index (χ2n) is 8.74. The Kier molecular flexibility index (Phi) is 7.33. The van der Waals surface area contributed by atoms with E-state index in [4.69, 9.17) is 14.5 Å². The van der Waals surface area contributed by atoms with E-state index in [1.54, 1.807) is 0 Å². The Hall–Kier alpha value is -1.86. The molecular weight excluding hydrogens is 412 g/mol. The highest BCUT2D eigenvalue weighted by Gasteiger charge is 2.21. The van der Waals surface area contributed by atoms with Crippen LogP contribution in [0.2, 0.25) is 0 Å². The highest BCUT2D eigenvalue weighted by atomic mass is 35.5. The molecule has 0 saturated carbocycles. The van der Waals surface area contributed by atoms with Gasteiger partial charge in [-0.25, -0.2) is 4.98 Å². The summed E-state index contributed by atoms with van der Waals surface area (Å²) in [7, 11) is 2.06. The van der Waals surface area contributed by atoms with E-state index in [-0.39, 0.29) is 12.4 Å². The molecule has 4 heterocycles. The fraction of sp³-hybridized carbons (Fsp3) is 0.542. The van der Waals surface area contributed by atoms with Gasteiger partial charge >= 0.3 is 0 Å². The van der Waals surface area contributed by atoms with Gasteiger partial charge in [0, 0.05) is 56.4 Å². The summed E-state index contributed by atoms with van der Waals surface area (Å²) in [6.45, 7) is 9.37. The molecule has 7 heteroatoms. The zero-order valence-corrected chi connectivity index (χ0v) is 19.1. The van der Waals surface area contributed by atoms with Gasteiger partial charge in [0.1, 0.15) is 0 Å². The van der Waals surface area contributed by atoms with Crippen LogP contribution in [0.25, 0.3) is 21.7 Å². The molecule has 2 fully saturated rings. The van der Waals surface area contributed by atoms with E-state index in [0.29, 0.717) is 5.92 Å². The molecule has 5 rings (SSSR count). The maximum atomic E-state index is 6.31. The van der Waals surface area contributed by atoms with E-state index < -0.39 is 0 Å². The SMILES string of the molecule is Cl.Cn1cc2c(OCC3CCN(CCN4CCOCC4)CC3)nc3ccccc3c2c1. The van der Waals surface area contributed by atoms with Gasteiger partial charge in [-0.15, -0.1) is 12.4 Å². The summed E-state index contributed by atoms with van der Waals surface area (Å²) in [5, 5.41) is 3.52. The van der Waals surface area contributed by atoms with Gasteiger partial charge in [-0.1, -0.05) is 18.2 Å². The molecule has 2 aromatic heterocycles. The number of rotatable bonds is 6. The minimum atomic E-state index is 0. The third kappa shape index (κ3) is 5.14. The van der Waals surface area contributed by atoms with Crippen molar-refractivity contribution in [3.8, 4) is 5.88 Å². The maximum Gasteiger partial charge on any atom is 0.223 e. The van der Waals surface area contributed by atoms with Gasteiger partial charge in [0.15, 0.2) is 0 Å². The predicted octanol–water partition coefficient (Wildman–Crippen LogP) is 3.57. The van der Waals surface area contributed by atoms with Crippen molar-refractivity contribution in [1.82, 2.24) is 19.4 Å². The number of nitrogens with zero attached hydrogens (tertiary/aromatic N) is 4. The molecular formula is C24H33ClN4O2. The third-order valence-corrected chi connectivity index (χ3v) is 6.60. The normalized spacial score (nSPS) is 19.0. The lowest BCUT2D eigenvalue weighted by Crippen LogP contribution is -2.43. The summed E-state index contributed by atoms with van der Waals surface area (Å²) < 4.78 is 13.8.